The van der Waals surface area contributed by atoms with Crippen LogP contribution in [0.1, 0.15) is 29.6 Å². The van der Waals surface area contributed by atoms with Gasteiger partial charge in [0, 0.05) is 42.4 Å². The van der Waals surface area contributed by atoms with Gasteiger partial charge >= 0.3 is 0 Å². The molecule has 0 unspecified atom stereocenters. The number of hydrogen-bond donors (Lipinski definition) is 1. The van der Waals surface area contributed by atoms with Gasteiger partial charge in [-0.3, -0.25) is 20.2 Å². The fourth-order valence-corrected chi connectivity index (χ4v) is 4.05. The van der Waals surface area contributed by atoms with E-state index < -0.39 is 4.92 Å². The number of piperidine rings is 1. The van der Waals surface area contributed by atoms with Crippen molar-refractivity contribution in [3.05, 3.63) is 63.7 Å². The van der Waals surface area contributed by atoms with Gasteiger partial charge in [0.1, 0.15) is 5.82 Å². The highest BCUT2D eigenvalue weighted by atomic mass is 32.1. The van der Waals surface area contributed by atoms with E-state index in [2.05, 4.69) is 20.2 Å². The molecule has 8 nitrogen and oxygen atoms in total. The Balaban J connectivity index is 1.53. The summed E-state index contributed by atoms with van der Waals surface area (Å²) in [6.07, 6.45) is 5.09. The largest absolute Gasteiger partial charge is 0.356 e. The van der Waals surface area contributed by atoms with Crippen molar-refractivity contribution in [1.29, 1.82) is 0 Å². The molecular weight excluding hydrogens is 390 g/mol. The first-order valence-electron chi connectivity index (χ1n) is 9.33. The summed E-state index contributed by atoms with van der Waals surface area (Å²) in [6, 6.07) is 9.79. The first-order chi connectivity index (χ1) is 14.1. The van der Waals surface area contributed by atoms with Crippen molar-refractivity contribution in [3.8, 4) is 11.3 Å². The summed E-state index contributed by atoms with van der Waals surface area (Å²) in [5, 5.41) is 16.0. The predicted molar refractivity (Wildman–Crippen MR) is 112 cm³/mol. The molecule has 4 rings (SSSR count). The zero-order valence-electron chi connectivity index (χ0n) is 15.6. The number of thiazole rings is 1. The van der Waals surface area contributed by atoms with Gasteiger partial charge in [0.25, 0.3) is 11.6 Å². The molecule has 0 spiro atoms. The van der Waals surface area contributed by atoms with E-state index in [1.165, 1.54) is 29.9 Å². The number of nitro groups is 1. The third-order valence-corrected chi connectivity index (χ3v) is 5.52. The summed E-state index contributed by atoms with van der Waals surface area (Å²) in [5.41, 5.74) is 1.73. The predicted octanol–water partition coefficient (Wildman–Crippen LogP) is 4.36. The number of hydrogen-bond acceptors (Lipinski definition) is 7. The average molecular weight is 409 g/mol. The van der Waals surface area contributed by atoms with Crippen LogP contribution in [0.25, 0.3) is 11.3 Å². The van der Waals surface area contributed by atoms with Gasteiger partial charge in [-0.05, 0) is 31.4 Å². The van der Waals surface area contributed by atoms with E-state index in [-0.39, 0.29) is 11.6 Å². The molecule has 1 fully saturated rings. The first kappa shape index (κ1) is 19.0. The lowest BCUT2D eigenvalue weighted by atomic mass is 10.1. The molecule has 3 aromatic rings. The zero-order chi connectivity index (χ0) is 20.2. The van der Waals surface area contributed by atoms with Gasteiger partial charge in [-0.2, -0.15) is 0 Å². The fourth-order valence-electron chi connectivity index (χ4n) is 3.34. The van der Waals surface area contributed by atoms with Crippen LogP contribution in [0, 0.1) is 10.1 Å². The van der Waals surface area contributed by atoms with Crippen LogP contribution in [-0.2, 0) is 0 Å². The molecule has 29 heavy (non-hydrogen) atoms. The number of nitrogens with one attached hydrogen (secondary N) is 1. The number of non-ortho nitro benzene ring substituents is 1. The van der Waals surface area contributed by atoms with E-state index in [4.69, 9.17) is 0 Å². The van der Waals surface area contributed by atoms with Gasteiger partial charge in [0.15, 0.2) is 5.13 Å². The second-order valence-corrected chi connectivity index (χ2v) is 7.58. The lowest BCUT2D eigenvalue weighted by Crippen LogP contribution is -2.32. The Morgan fingerprint density at radius 3 is 2.79 bits per heavy atom. The van der Waals surface area contributed by atoms with E-state index in [9.17, 15) is 14.9 Å². The topological polar surface area (TPSA) is 101 Å². The number of nitro benzene ring substituents is 1. The summed E-state index contributed by atoms with van der Waals surface area (Å²) in [7, 11) is 0. The van der Waals surface area contributed by atoms with Gasteiger partial charge in [-0.25, -0.2) is 9.97 Å². The number of carbonyl (C=O) groups is 1. The van der Waals surface area contributed by atoms with Gasteiger partial charge < -0.3 is 4.90 Å². The van der Waals surface area contributed by atoms with E-state index >= 15 is 0 Å². The maximum absolute atomic E-state index is 12.9. The molecule has 1 N–H and O–H groups in total. The van der Waals surface area contributed by atoms with Gasteiger partial charge in [-0.1, -0.05) is 12.1 Å². The van der Waals surface area contributed by atoms with Gasteiger partial charge in [0.05, 0.1) is 16.2 Å². The van der Waals surface area contributed by atoms with E-state index in [1.54, 1.807) is 35.8 Å². The molecule has 1 amide bonds. The molecule has 2 aromatic heterocycles. The summed E-state index contributed by atoms with van der Waals surface area (Å²) in [4.78, 5) is 34.4. The van der Waals surface area contributed by atoms with Crippen LogP contribution in [0.15, 0.2) is 48.0 Å². The lowest BCUT2D eigenvalue weighted by molar-refractivity contribution is -0.384. The number of anilines is 2. The number of rotatable bonds is 5. The number of nitrogens with zero attached hydrogens (tertiary/aromatic N) is 4. The summed E-state index contributed by atoms with van der Waals surface area (Å²) < 4.78 is 0. The zero-order valence-corrected chi connectivity index (χ0v) is 16.4. The molecule has 0 radical (unpaired) electrons. The molecule has 148 valence electrons. The molecule has 1 aliphatic heterocycles. The van der Waals surface area contributed by atoms with Crippen molar-refractivity contribution in [3.63, 3.8) is 0 Å². The maximum atomic E-state index is 12.9. The highest BCUT2D eigenvalue weighted by molar-refractivity contribution is 7.14. The number of pyridine rings is 1. The second-order valence-electron chi connectivity index (χ2n) is 6.72. The number of benzene rings is 1. The lowest BCUT2D eigenvalue weighted by Gasteiger charge is -2.28. The molecule has 1 saturated heterocycles. The first-order valence-corrected chi connectivity index (χ1v) is 10.2. The Morgan fingerprint density at radius 2 is 2.00 bits per heavy atom. The molecule has 0 aliphatic carbocycles. The smallest absolute Gasteiger partial charge is 0.270 e. The van der Waals surface area contributed by atoms with Crippen molar-refractivity contribution < 1.29 is 9.72 Å². The minimum Gasteiger partial charge on any atom is -0.356 e. The van der Waals surface area contributed by atoms with Gasteiger partial charge in [0.2, 0.25) is 0 Å². The molecule has 0 bridgehead atoms. The molecular formula is C20H19N5O3S. The van der Waals surface area contributed by atoms with Gasteiger partial charge in [-0.15, -0.1) is 11.3 Å². The molecule has 1 aliphatic rings. The summed E-state index contributed by atoms with van der Waals surface area (Å²) >= 11 is 1.28. The third-order valence-electron chi connectivity index (χ3n) is 4.76. The fraction of sp³-hybridized carbons (Fsp3) is 0.250. The van der Waals surface area contributed by atoms with Crippen LogP contribution in [0.4, 0.5) is 16.6 Å². The second kappa shape index (κ2) is 8.36. The van der Waals surface area contributed by atoms with Crippen molar-refractivity contribution >= 4 is 33.9 Å². The van der Waals surface area contributed by atoms with E-state index in [0.29, 0.717) is 27.8 Å². The Hall–Kier alpha value is -3.33. The van der Waals surface area contributed by atoms with Crippen LogP contribution in [-0.4, -0.2) is 33.9 Å². The highest BCUT2D eigenvalue weighted by Gasteiger charge is 2.20. The number of carbonyl (C=O) groups excluding carboxylic acids is 1. The monoisotopic (exact) mass is 409 g/mol. The van der Waals surface area contributed by atoms with Crippen molar-refractivity contribution in [2.75, 3.05) is 23.3 Å². The molecule has 3 heterocycles. The summed E-state index contributed by atoms with van der Waals surface area (Å²) in [6.45, 7) is 1.79. The van der Waals surface area contributed by atoms with Crippen LogP contribution >= 0.6 is 11.3 Å². The number of amides is 1. The standard InChI is InChI=1S/C20H19N5O3S/c26-19(16-8-5-9-21-18(16)24-10-2-1-3-11-24)23-20-22-17(13-29-20)14-6-4-7-15(12-14)25(27)28/h4-9,12-13H,1-3,10-11H2,(H,22,23,26). The summed E-state index contributed by atoms with van der Waals surface area (Å²) in [5.74, 6) is 0.429. The normalized spacial score (nSPS) is 13.9. The Kier molecular flexibility index (Phi) is 5.48. The van der Waals surface area contributed by atoms with Crippen molar-refractivity contribution in [1.82, 2.24) is 9.97 Å². The Bertz CT molecular complexity index is 1050. The quantitative estimate of drug-likeness (QED) is 0.496. The maximum Gasteiger partial charge on any atom is 0.270 e. The van der Waals surface area contributed by atoms with Crippen LogP contribution in [0.3, 0.4) is 0 Å². The minimum absolute atomic E-state index is 0.00242. The van der Waals surface area contributed by atoms with Crippen LogP contribution in [0.5, 0.6) is 0 Å². The Labute approximate surface area is 171 Å². The SMILES string of the molecule is O=C(Nc1nc(-c2cccc([N+](=O)[O-])c2)cs1)c1cccnc1N1CCCCC1. The molecule has 0 atom stereocenters. The Morgan fingerprint density at radius 1 is 1.17 bits per heavy atom. The number of aromatic nitrogens is 2. The van der Waals surface area contributed by atoms with Crippen LogP contribution < -0.4 is 10.2 Å². The molecule has 1 aromatic carbocycles. The van der Waals surface area contributed by atoms with E-state index in [0.717, 1.165) is 25.9 Å². The van der Waals surface area contributed by atoms with Crippen molar-refractivity contribution in [2.45, 2.75) is 19.3 Å². The van der Waals surface area contributed by atoms with Crippen LogP contribution in [0.2, 0.25) is 0 Å². The molecule has 0 saturated carbocycles. The average Bonchev–Trinajstić information content (AvgIpc) is 3.23. The minimum atomic E-state index is -0.441. The van der Waals surface area contributed by atoms with Crippen molar-refractivity contribution in [2.24, 2.45) is 0 Å². The third kappa shape index (κ3) is 4.24. The highest BCUT2D eigenvalue weighted by Crippen LogP contribution is 2.28. The molecule has 9 heteroatoms. The van der Waals surface area contributed by atoms with E-state index in [1.807, 2.05) is 0 Å².